The van der Waals surface area contributed by atoms with Crippen molar-refractivity contribution < 1.29 is 13.2 Å². The summed E-state index contributed by atoms with van der Waals surface area (Å²) in [6.07, 6.45) is 0.670. The smallest absolute Gasteiger partial charge is 0.156 e. The predicted molar refractivity (Wildman–Crippen MR) is 98.3 cm³/mol. The van der Waals surface area contributed by atoms with Crippen molar-refractivity contribution in [3.05, 3.63) is 42.0 Å². The highest BCUT2D eigenvalue weighted by Crippen LogP contribution is 2.30. The molecule has 0 N–H and O–H groups in total. The maximum absolute atomic E-state index is 12.4. The number of sulfone groups is 1. The van der Waals surface area contributed by atoms with Crippen molar-refractivity contribution in [3.8, 4) is 5.75 Å². The normalized spacial score (nSPS) is 20.6. The number of rotatable bonds is 3. The monoisotopic (exact) mass is 347 g/mol. The lowest BCUT2D eigenvalue weighted by atomic mass is 10.0. The SMILES string of the molecule is COc1ccc(CN2CCC(C)(C)S(=O)(=O)CC2)c2ccccc12. The van der Waals surface area contributed by atoms with Gasteiger partial charge < -0.3 is 4.74 Å². The molecular formula is C19H25NO3S. The Bertz CT molecular complexity index is 843. The summed E-state index contributed by atoms with van der Waals surface area (Å²) in [5.41, 5.74) is 1.21. The van der Waals surface area contributed by atoms with Gasteiger partial charge in [-0.3, -0.25) is 4.90 Å². The Kier molecular flexibility index (Phi) is 4.58. The van der Waals surface area contributed by atoms with E-state index in [1.807, 2.05) is 32.0 Å². The summed E-state index contributed by atoms with van der Waals surface area (Å²) in [6, 6.07) is 12.3. The average molecular weight is 347 g/mol. The molecule has 0 bridgehead atoms. The van der Waals surface area contributed by atoms with Gasteiger partial charge in [-0.25, -0.2) is 8.42 Å². The van der Waals surface area contributed by atoms with Crippen LogP contribution in [-0.4, -0.2) is 44.0 Å². The van der Waals surface area contributed by atoms with E-state index in [-0.39, 0.29) is 5.75 Å². The van der Waals surface area contributed by atoms with Crippen molar-refractivity contribution >= 4 is 20.6 Å². The van der Waals surface area contributed by atoms with Crippen molar-refractivity contribution in [3.63, 3.8) is 0 Å². The Labute approximate surface area is 144 Å². The van der Waals surface area contributed by atoms with Crippen LogP contribution in [-0.2, 0) is 16.4 Å². The molecule has 1 fully saturated rings. The van der Waals surface area contributed by atoms with Crippen molar-refractivity contribution in [1.82, 2.24) is 4.90 Å². The molecule has 1 heterocycles. The number of hydrogen-bond acceptors (Lipinski definition) is 4. The Hall–Kier alpha value is -1.59. The topological polar surface area (TPSA) is 46.6 Å². The number of hydrogen-bond donors (Lipinski definition) is 0. The minimum Gasteiger partial charge on any atom is -0.496 e. The number of benzene rings is 2. The zero-order valence-corrected chi connectivity index (χ0v) is 15.4. The van der Waals surface area contributed by atoms with E-state index in [0.29, 0.717) is 13.0 Å². The largest absolute Gasteiger partial charge is 0.496 e. The summed E-state index contributed by atoms with van der Waals surface area (Å²) in [5, 5.41) is 2.27. The number of methoxy groups -OCH3 is 1. The van der Waals surface area contributed by atoms with Gasteiger partial charge in [-0.1, -0.05) is 30.3 Å². The molecule has 2 aromatic carbocycles. The molecule has 4 nitrogen and oxygen atoms in total. The summed E-state index contributed by atoms with van der Waals surface area (Å²) in [4.78, 5) is 2.25. The first-order chi connectivity index (χ1) is 11.3. The Balaban J connectivity index is 1.89. The minimum absolute atomic E-state index is 0.230. The highest BCUT2D eigenvalue weighted by molar-refractivity contribution is 7.92. The molecule has 24 heavy (non-hydrogen) atoms. The van der Waals surface area contributed by atoms with E-state index >= 15 is 0 Å². The number of fused-ring (bicyclic) bond motifs is 1. The maximum atomic E-state index is 12.4. The minimum atomic E-state index is -3.04. The second-order valence-electron chi connectivity index (χ2n) is 7.08. The van der Waals surface area contributed by atoms with E-state index < -0.39 is 14.6 Å². The van der Waals surface area contributed by atoms with Crippen LogP contribution in [0.4, 0.5) is 0 Å². The first kappa shape index (κ1) is 17.2. The van der Waals surface area contributed by atoms with E-state index in [1.54, 1.807) is 7.11 Å². The van der Waals surface area contributed by atoms with Gasteiger partial charge in [0.2, 0.25) is 0 Å². The highest BCUT2D eigenvalue weighted by Gasteiger charge is 2.36. The molecule has 0 saturated carbocycles. The third kappa shape index (κ3) is 3.15. The van der Waals surface area contributed by atoms with E-state index in [2.05, 4.69) is 23.1 Å². The van der Waals surface area contributed by atoms with Gasteiger partial charge in [-0.05, 0) is 37.3 Å². The molecule has 1 aliphatic rings. The van der Waals surface area contributed by atoms with Gasteiger partial charge in [-0.2, -0.15) is 0 Å². The second-order valence-corrected chi connectivity index (χ2v) is 9.82. The van der Waals surface area contributed by atoms with Crippen LogP contribution in [0.25, 0.3) is 10.8 Å². The Morgan fingerprint density at radius 1 is 1.08 bits per heavy atom. The second kappa shape index (κ2) is 6.37. The molecule has 0 aliphatic carbocycles. The fraction of sp³-hybridized carbons (Fsp3) is 0.474. The molecule has 3 rings (SSSR count). The van der Waals surface area contributed by atoms with Crippen LogP contribution >= 0.6 is 0 Å². The van der Waals surface area contributed by atoms with Gasteiger partial charge in [0.15, 0.2) is 9.84 Å². The average Bonchev–Trinajstić information content (AvgIpc) is 2.66. The summed E-state index contributed by atoms with van der Waals surface area (Å²) in [7, 11) is -1.35. The fourth-order valence-electron chi connectivity index (χ4n) is 3.27. The van der Waals surface area contributed by atoms with E-state index in [4.69, 9.17) is 4.74 Å². The van der Waals surface area contributed by atoms with Crippen LogP contribution in [0.15, 0.2) is 36.4 Å². The zero-order valence-electron chi connectivity index (χ0n) is 14.6. The molecule has 130 valence electrons. The van der Waals surface area contributed by atoms with Crippen molar-refractivity contribution in [2.24, 2.45) is 0 Å². The van der Waals surface area contributed by atoms with E-state index in [1.165, 1.54) is 10.9 Å². The lowest BCUT2D eigenvalue weighted by molar-refractivity contribution is 0.277. The van der Waals surface area contributed by atoms with Crippen LogP contribution < -0.4 is 4.74 Å². The Morgan fingerprint density at radius 3 is 2.50 bits per heavy atom. The Morgan fingerprint density at radius 2 is 1.79 bits per heavy atom. The summed E-state index contributed by atoms with van der Waals surface area (Å²) in [6.45, 7) is 5.83. The van der Waals surface area contributed by atoms with Gasteiger partial charge in [0.25, 0.3) is 0 Å². The van der Waals surface area contributed by atoms with Gasteiger partial charge in [0.1, 0.15) is 5.75 Å². The molecule has 2 aromatic rings. The van der Waals surface area contributed by atoms with Crippen LogP contribution in [0.1, 0.15) is 25.8 Å². The van der Waals surface area contributed by atoms with E-state index in [9.17, 15) is 8.42 Å². The lowest BCUT2D eigenvalue weighted by Gasteiger charge is -2.23. The molecule has 0 amide bonds. The maximum Gasteiger partial charge on any atom is 0.156 e. The lowest BCUT2D eigenvalue weighted by Crippen LogP contribution is -2.33. The number of ether oxygens (including phenoxy) is 1. The third-order valence-corrected chi connectivity index (χ3v) is 7.74. The molecule has 0 spiro atoms. The predicted octanol–water partition coefficient (Wildman–Crippen LogP) is 3.25. The molecule has 0 aromatic heterocycles. The molecule has 5 heteroatoms. The van der Waals surface area contributed by atoms with Gasteiger partial charge >= 0.3 is 0 Å². The van der Waals surface area contributed by atoms with Gasteiger partial charge in [0.05, 0.1) is 17.6 Å². The number of nitrogens with zero attached hydrogens (tertiary/aromatic N) is 1. The molecule has 0 unspecified atom stereocenters. The summed E-state index contributed by atoms with van der Waals surface area (Å²) < 4.78 is 29.6. The quantitative estimate of drug-likeness (QED) is 0.855. The molecule has 0 atom stereocenters. The summed E-state index contributed by atoms with van der Waals surface area (Å²) in [5.74, 6) is 1.10. The highest BCUT2D eigenvalue weighted by atomic mass is 32.2. The third-order valence-electron chi connectivity index (χ3n) is 5.14. The van der Waals surface area contributed by atoms with E-state index in [0.717, 1.165) is 24.2 Å². The van der Waals surface area contributed by atoms with Gasteiger partial charge in [0, 0.05) is 25.0 Å². The molecule has 0 radical (unpaired) electrons. The van der Waals surface area contributed by atoms with Crippen LogP contribution in [0.2, 0.25) is 0 Å². The fourth-order valence-corrected chi connectivity index (χ4v) is 4.72. The molecule has 1 saturated heterocycles. The standard InChI is InChI=1S/C19H25NO3S/c1-19(2)10-11-20(12-13-24(19,21)22)14-15-8-9-18(23-3)17-7-5-4-6-16(15)17/h4-9H,10-14H2,1-3H3. The van der Waals surface area contributed by atoms with Crippen molar-refractivity contribution in [1.29, 1.82) is 0 Å². The summed E-state index contributed by atoms with van der Waals surface area (Å²) >= 11 is 0. The zero-order chi connectivity index (χ0) is 17.4. The van der Waals surface area contributed by atoms with Crippen LogP contribution in [0.5, 0.6) is 5.75 Å². The first-order valence-electron chi connectivity index (χ1n) is 8.33. The van der Waals surface area contributed by atoms with Gasteiger partial charge in [-0.15, -0.1) is 0 Å². The molecular weight excluding hydrogens is 322 g/mol. The van der Waals surface area contributed by atoms with Crippen molar-refractivity contribution in [2.45, 2.75) is 31.6 Å². The van der Waals surface area contributed by atoms with Crippen LogP contribution in [0, 0.1) is 0 Å². The van der Waals surface area contributed by atoms with Crippen LogP contribution in [0.3, 0.4) is 0 Å². The van der Waals surface area contributed by atoms with Crippen molar-refractivity contribution in [2.75, 3.05) is 26.0 Å². The first-order valence-corrected chi connectivity index (χ1v) is 9.98. The molecule has 1 aliphatic heterocycles.